The van der Waals surface area contributed by atoms with Crippen molar-refractivity contribution in [3.63, 3.8) is 0 Å². The Morgan fingerprint density at radius 2 is 2.05 bits per heavy atom. The Bertz CT molecular complexity index is 460. The Labute approximate surface area is 125 Å². The van der Waals surface area contributed by atoms with Gasteiger partial charge in [-0.05, 0) is 45.5 Å². The van der Waals surface area contributed by atoms with Crippen LogP contribution in [0.2, 0.25) is 0 Å². The molecule has 0 saturated carbocycles. The third-order valence-corrected chi connectivity index (χ3v) is 4.00. The van der Waals surface area contributed by atoms with Gasteiger partial charge in [-0.25, -0.2) is 0 Å². The Morgan fingerprint density at radius 1 is 1.40 bits per heavy atom. The molecule has 0 aliphatic carbocycles. The van der Waals surface area contributed by atoms with E-state index in [1.54, 1.807) is 12.1 Å². The fourth-order valence-electron chi connectivity index (χ4n) is 2.66. The summed E-state index contributed by atoms with van der Waals surface area (Å²) in [6.07, 6.45) is 2.29. The first kappa shape index (κ1) is 16.9. The van der Waals surface area contributed by atoms with Gasteiger partial charge in [0.1, 0.15) is 0 Å². The Balaban J connectivity index is 0.00000200. The van der Waals surface area contributed by atoms with E-state index in [1.807, 2.05) is 20.0 Å². The average molecular weight is 300 g/mol. The van der Waals surface area contributed by atoms with E-state index in [9.17, 15) is 10.1 Å². The zero-order valence-corrected chi connectivity index (χ0v) is 12.8. The molecule has 112 valence electrons. The second kappa shape index (κ2) is 7.57. The number of hydrogen-bond donors (Lipinski definition) is 1. The molecule has 0 spiro atoms. The highest BCUT2D eigenvalue weighted by molar-refractivity contribution is 5.85. The summed E-state index contributed by atoms with van der Waals surface area (Å²) in [7, 11) is 2.00. The molecule has 1 aliphatic heterocycles. The van der Waals surface area contributed by atoms with Gasteiger partial charge in [-0.1, -0.05) is 12.1 Å². The van der Waals surface area contributed by atoms with Gasteiger partial charge in [0.2, 0.25) is 0 Å². The molecule has 0 unspecified atom stereocenters. The summed E-state index contributed by atoms with van der Waals surface area (Å²) in [5, 5.41) is 14.2. The van der Waals surface area contributed by atoms with Crippen molar-refractivity contribution in [1.82, 2.24) is 10.2 Å². The molecule has 0 aromatic heterocycles. The second-order valence-electron chi connectivity index (χ2n) is 5.16. The molecule has 1 aliphatic rings. The zero-order chi connectivity index (χ0) is 13.8. The van der Waals surface area contributed by atoms with Crippen molar-refractivity contribution < 1.29 is 4.92 Å². The van der Waals surface area contributed by atoms with E-state index in [1.165, 1.54) is 0 Å². The van der Waals surface area contributed by atoms with Gasteiger partial charge in [0.25, 0.3) is 5.69 Å². The molecule has 0 atom stereocenters. The van der Waals surface area contributed by atoms with Gasteiger partial charge in [0, 0.05) is 24.2 Å². The van der Waals surface area contributed by atoms with Crippen LogP contribution in [0, 0.1) is 17.0 Å². The quantitative estimate of drug-likeness (QED) is 0.685. The van der Waals surface area contributed by atoms with Crippen molar-refractivity contribution in [2.75, 3.05) is 20.1 Å². The molecule has 20 heavy (non-hydrogen) atoms. The number of rotatable bonds is 4. The zero-order valence-electron chi connectivity index (χ0n) is 12.0. The lowest BCUT2D eigenvalue weighted by Gasteiger charge is -2.32. The van der Waals surface area contributed by atoms with Crippen LogP contribution in [-0.4, -0.2) is 36.0 Å². The molecule has 1 aromatic carbocycles. The van der Waals surface area contributed by atoms with E-state index < -0.39 is 0 Å². The fraction of sp³-hybridized carbons (Fsp3) is 0.571. The largest absolute Gasteiger partial charge is 0.317 e. The first-order valence-corrected chi connectivity index (χ1v) is 6.74. The second-order valence-corrected chi connectivity index (χ2v) is 5.16. The SMILES string of the molecule is CNC1CCN(Cc2cccc([N+](=O)[O-])c2C)CC1.Cl. The Kier molecular flexibility index (Phi) is 6.39. The lowest BCUT2D eigenvalue weighted by atomic mass is 10.0. The smallest absolute Gasteiger partial charge is 0.272 e. The lowest BCUT2D eigenvalue weighted by molar-refractivity contribution is -0.385. The van der Waals surface area contributed by atoms with E-state index in [0.29, 0.717) is 6.04 Å². The lowest BCUT2D eigenvalue weighted by Crippen LogP contribution is -2.40. The average Bonchev–Trinajstić information content (AvgIpc) is 2.41. The van der Waals surface area contributed by atoms with Crippen LogP contribution in [0.15, 0.2) is 18.2 Å². The van der Waals surface area contributed by atoms with E-state index in [-0.39, 0.29) is 23.0 Å². The molecule has 0 amide bonds. The molecule has 0 bridgehead atoms. The molecule has 6 heteroatoms. The summed E-state index contributed by atoms with van der Waals surface area (Å²) in [4.78, 5) is 13.0. The van der Waals surface area contributed by atoms with E-state index in [0.717, 1.165) is 43.6 Å². The van der Waals surface area contributed by atoms with Crippen LogP contribution >= 0.6 is 12.4 Å². The first-order chi connectivity index (χ1) is 9.11. The molecule has 0 radical (unpaired) electrons. The number of halogens is 1. The minimum atomic E-state index is -0.300. The maximum atomic E-state index is 10.9. The third kappa shape index (κ3) is 3.91. The summed E-state index contributed by atoms with van der Waals surface area (Å²) in [5.74, 6) is 0. The summed E-state index contributed by atoms with van der Waals surface area (Å²) in [5.41, 5.74) is 2.09. The predicted octanol–water partition coefficient (Wildman–Crippen LogP) is 2.51. The molecule has 5 nitrogen and oxygen atoms in total. The van der Waals surface area contributed by atoms with Crippen LogP contribution in [0.3, 0.4) is 0 Å². The topological polar surface area (TPSA) is 58.4 Å². The minimum absolute atomic E-state index is 0. The van der Waals surface area contributed by atoms with Crippen molar-refractivity contribution in [1.29, 1.82) is 0 Å². The van der Waals surface area contributed by atoms with Crippen LogP contribution in [0.25, 0.3) is 0 Å². The predicted molar refractivity (Wildman–Crippen MR) is 82.4 cm³/mol. The van der Waals surface area contributed by atoms with Gasteiger partial charge in [-0.2, -0.15) is 0 Å². The monoisotopic (exact) mass is 299 g/mol. The number of nitro groups is 1. The normalized spacial score (nSPS) is 16.7. The van der Waals surface area contributed by atoms with Gasteiger partial charge >= 0.3 is 0 Å². The summed E-state index contributed by atoms with van der Waals surface area (Å²) in [6.45, 7) is 4.75. The first-order valence-electron chi connectivity index (χ1n) is 6.74. The maximum absolute atomic E-state index is 10.9. The summed E-state index contributed by atoms with van der Waals surface area (Å²) < 4.78 is 0. The Hall–Kier alpha value is -1.17. The van der Waals surface area contributed by atoms with Crippen LogP contribution in [0.5, 0.6) is 0 Å². The van der Waals surface area contributed by atoms with E-state index >= 15 is 0 Å². The highest BCUT2D eigenvalue weighted by Crippen LogP contribution is 2.23. The molecule has 1 saturated heterocycles. The molecule has 1 heterocycles. The third-order valence-electron chi connectivity index (χ3n) is 4.00. The fourth-order valence-corrected chi connectivity index (χ4v) is 2.66. The van der Waals surface area contributed by atoms with Gasteiger partial charge in [-0.15, -0.1) is 12.4 Å². The molecule has 2 rings (SSSR count). The van der Waals surface area contributed by atoms with Gasteiger partial charge < -0.3 is 5.32 Å². The van der Waals surface area contributed by atoms with Gasteiger partial charge in [-0.3, -0.25) is 15.0 Å². The summed E-state index contributed by atoms with van der Waals surface area (Å²) in [6, 6.07) is 5.96. The number of hydrogen-bond acceptors (Lipinski definition) is 4. The highest BCUT2D eigenvalue weighted by Gasteiger charge is 2.20. The van der Waals surface area contributed by atoms with Crippen LogP contribution in [0.4, 0.5) is 5.69 Å². The molecule has 1 aromatic rings. The number of nitrogens with zero attached hydrogens (tertiary/aromatic N) is 2. The number of nitrogens with one attached hydrogen (secondary N) is 1. The number of benzene rings is 1. The molecular formula is C14H22ClN3O2. The van der Waals surface area contributed by atoms with Crippen molar-refractivity contribution in [3.05, 3.63) is 39.4 Å². The van der Waals surface area contributed by atoms with Gasteiger partial charge in [0.05, 0.1) is 4.92 Å². The molecule has 1 N–H and O–H groups in total. The number of piperidine rings is 1. The van der Waals surface area contributed by atoms with Crippen molar-refractivity contribution >= 4 is 18.1 Å². The van der Waals surface area contributed by atoms with Crippen molar-refractivity contribution in [2.45, 2.75) is 32.4 Å². The molecular weight excluding hydrogens is 278 g/mol. The number of likely N-dealkylation sites (tertiary alicyclic amines) is 1. The van der Waals surface area contributed by atoms with Gasteiger partial charge in [0.15, 0.2) is 0 Å². The van der Waals surface area contributed by atoms with Crippen LogP contribution in [-0.2, 0) is 6.54 Å². The molecule has 1 fully saturated rings. The van der Waals surface area contributed by atoms with Crippen molar-refractivity contribution in [2.24, 2.45) is 0 Å². The van der Waals surface area contributed by atoms with E-state index in [2.05, 4.69) is 10.2 Å². The van der Waals surface area contributed by atoms with Crippen LogP contribution in [0.1, 0.15) is 24.0 Å². The highest BCUT2D eigenvalue weighted by atomic mass is 35.5. The van der Waals surface area contributed by atoms with E-state index in [4.69, 9.17) is 0 Å². The van der Waals surface area contributed by atoms with Crippen molar-refractivity contribution in [3.8, 4) is 0 Å². The van der Waals surface area contributed by atoms with Crippen LogP contribution < -0.4 is 5.32 Å². The number of nitro benzene ring substituents is 1. The minimum Gasteiger partial charge on any atom is -0.317 e. The standard InChI is InChI=1S/C14H21N3O2.ClH/c1-11-12(4-3-5-14(11)17(18)19)10-16-8-6-13(15-2)7-9-16;/h3-5,13,15H,6-10H2,1-2H3;1H. The maximum Gasteiger partial charge on any atom is 0.272 e. The Morgan fingerprint density at radius 3 is 2.60 bits per heavy atom. The summed E-state index contributed by atoms with van der Waals surface area (Å²) >= 11 is 0.